The molecule has 16 heavy (non-hydrogen) atoms. The Morgan fingerprint density at radius 1 is 1.56 bits per heavy atom. The van der Waals surface area contributed by atoms with Crippen molar-refractivity contribution in [2.45, 2.75) is 33.6 Å². The van der Waals surface area contributed by atoms with Crippen LogP contribution in [0.25, 0.3) is 0 Å². The Kier molecular flexibility index (Phi) is 4.16. The van der Waals surface area contributed by atoms with Crippen molar-refractivity contribution in [2.24, 2.45) is 11.3 Å². The highest BCUT2D eigenvalue weighted by atomic mass is 16.5. The molecule has 3 heteroatoms. The maximum atomic E-state index is 11.2. The van der Waals surface area contributed by atoms with Gasteiger partial charge < -0.3 is 9.84 Å². The number of carbonyl (C=O) groups is 1. The van der Waals surface area contributed by atoms with Crippen molar-refractivity contribution in [3.05, 3.63) is 24.0 Å². The SMILES string of the molecule is CCCC(=O)OCC1C=CC(O)=CC1(C)C. The van der Waals surface area contributed by atoms with Crippen LogP contribution in [0.1, 0.15) is 33.6 Å². The zero-order valence-electron chi connectivity index (χ0n) is 10.2. The van der Waals surface area contributed by atoms with Crippen LogP contribution in [-0.2, 0) is 9.53 Å². The molecule has 0 spiro atoms. The van der Waals surface area contributed by atoms with Crippen molar-refractivity contribution in [3.8, 4) is 0 Å². The molecule has 0 heterocycles. The molecule has 0 aromatic rings. The summed E-state index contributed by atoms with van der Waals surface area (Å²) in [6, 6.07) is 0. The molecule has 0 aromatic heterocycles. The van der Waals surface area contributed by atoms with Crippen molar-refractivity contribution >= 4 is 5.97 Å². The molecule has 0 aliphatic heterocycles. The third-order valence-corrected chi connectivity index (χ3v) is 2.85. The number of aliphatic hydroxyl groups excluding tert-OH is 1. The molecule has 0 bridgehead atoms. The van der Waals surface area contributed by atoms with Crippen LogP contribution in [0.2, 0.25) is 0 Å². The maximum absolute atomic E-state index is 11.2. The number of aliphatic hydroxyl groups is 1. The van der Waals surface area contributed by atoms with Crippen LogP contribution in [-0.4, -0.2) is 17.7 Å². The number of ether oxygens (including phenoxy) is 1. The number of carbonyl (C=O) groups excluding carboxylic acids is 1. The van der Waals surface area contributed by atoms with Crippen molar-refractivity contribution in [1.29, 1.82) is 0 Å². The van der Waals surface area contributed by atoms with E-state index in [1.807, 2.05) is 26.8 Å². The first-order valence-electron chi connectivity index (χ1n) is 5.71. The van der Waals surface area contributed by atoms with Crippen LogP contribution in [0.15, 0.2) is 24.0 Å². The van der Waals surface area contributed by atoms with Gasteiger partial charge in [-0.3, -0.25) is 4.79 Å². The van der Waals surface area contributed by atoms with Gasteiger partial charge in [-0.05, 0) is 24.0 Å². The number of esters is 1. The molecule has 0 saturated carbocycles. The molecule has 1 aliphatic carbocycles. The summed E-state index contributed by atoms with van der Waals surface area (Å²) >= 11 is 0. The van der Waals surface area contributed by atoms with E-state index in [-0.39, 0.29) is 23.1 Å². The van der Waals surface area contributed by atoms with E-state index >= 15 is 0 Å². The van der Waals surface area contributed by atoms with Gasteiger partial charge in [0.2, 0.25) is 0 Å². The highest BCUT2D eigenvalue weighted by molar-refractivity contribution is 5.69. The summed E-state index contributed by atoms with van der Waals surface area (Å²) < 4.78 is 5.19. The van der Waals surface area contributed by atoms with Gasteiger partial charge in [0, 0.05) is 12.3 Å². The summed E-state index contributed by atoms with van der Waals surface area (Å²) in [6.07, 6.45) is 6.63. The van der Waals surface area contributed by atoms with Gasteiger partial charge in [-0.2, -0.15) is 0 Å². The van der Waals surface area contributed by atoms with E-state index in [0.29, 0.717) is 13.0 Å². The second-order valence-corrected chi connectivity index (χ2v) is 4.79. The Labute approximate surface area is 96.8 Å². The van der Waals surface area contributed by atoms with E-state index in [1.54, 1.807) is 12.2 Å². The van der Waals surface area contributed by atoms with Gasteiger partial charge in [-0.1, -0.05) is 26.8 Å². The van der Waals surface area contributed by atoms with Gasteiger partial charge in [-0.25, -0.2) is 0 Å². The summed E-state index contributed by atoms with van der Waals surface area (Å²) in [5.74, 6) is 0.260. The Bertz CT molecular complexity index is 313. The van der Waals surface area contributed by atoms with Crippen LogP contribution in [0.3, 0.4) is 0 Å². The predicted octanol–water partition coefficient (Wildman–Crippen LogP) is 2.98. The lowest BCUT2D eigenvalue weighted by Gasteiger charge is -2.31. The average molecular weight is 224 g/mol. The average Bonchev–Trinajstić information content (AvgIpc) is 2.15. The van der Waals surface area contributed by atoms with Gasteiger partial charge >= 0.3 is 5.97 Å². The summed E-state index contributed by atoms with van der Waals surface area (Å²) in [5.41, 5.74) is -0.175. The molecule has 0 radical (unpaired) electrons. The Balaban J connectivity index is 2.50. The Hall–Kier alpha value is -1.25. The van der Waals surface area contributed by atoms with Crippen LogP contribution >= 0.6 is 0 Å². The standard InChI is InChI=1S/C13H20O3/c1-4-5-12(15)16-9-10-6-7-11(14)8-13(10,2)3/h6-8,10,14H,4-5,9H2,1-3H3. The van der Waals surface area contributed by atoms with E-state index in [9.17, 15) is 9.90 Å². The zero-order chi connectivity index (χ0) is 12.2. The second-order valence-electron chi connectivity index (χ2n) is 4.79. The molecule has 1 unspecified atom stereocenters. The maximum Gasteiger partial charge on any atom is 0.305 e. The topological polar surface area (TPSA) is 46.5 Å². The first-order valence-corrected chi connectivity index (χ1v) is 5.71. The van der Waals surface area contributed by atoms with Crippen molar-refractivity contribution in [2.75, 3.05) is 6.61 Å². The Morgan fingerprint density at radius 3 is 2.81 bits per heavy atom. The largest absolute Gasteiger partial charge is 0.508 e. The third kappa shape index (κ3) is 3.40. The minimum absolute atomic E-state index is 0.129. The number of rotatable bonds is 4. The normalized spacial score (nSPS) is 22.7. The molecule has 3 nitrogen and oxygen atoms in total. The molecule has 90 valence electrons. The number of allylic oxidation sites excluding steroid dienone is 2. The number of hydrogen-bond acceptors (Lipinski definition) is 3. The summed E-state index contributed by atoms with van der Waals surface area (Å²) in [6.45, 7) is 6.37. The van der Waals surface area contributed by atoms with E-state index in [4.69, 9.17) is 4.74 Å². The predicted molar refractivity (Wildman–Crippen MR) is 63.0 cm³/mol. The van der Waals surface area contributed by atoms with Gasteiger partial charge in [0.1, 0.15) is 5.76 Å². The molecule has 1 atom stereocenters. The van der Waals surface area contributed by atoms with Gasteiger partial charge in [0.25, 0.3) is 0 Å². The van der Waals surface area contributed by atoms with Gasteiger partial charge in [-0.15, -0.1) is 0 Å². The molecule has 0 saturated heterocycles. The minimum Gasteiger partial charge on any atom is -0.508 e. The Morgan fingerprint density at radius 2 is 2.25 bits per heavy atom. The van der Waals surface area contributed by atoms with Crippen molar-refractivity contribution in [3.63, 3.8) is 0 Å². The summed E-state index contributed by atoms with van der Waals surface area (Å²) in [5, 5.41) is 9.39. The monoisotopic (exact) mass is 224 g/mol. The fourth-order valence-corrected chi connectivity index (χ4v) is 1.73. The fraction of sp³-hybridized carbons (Fsp3) is 0.615. The molecule has 0 fully saturated rings. The molecule has 0 aromatic carbocycles. The van der Waals surface area contributed by atoms with E-state index in [1.165, 1.54) is 0 Å². The van der Waals surface area contributed by atoms with Crippen LogP contribution in [0, 0.1) is 11.3 Å². The highest BCUT2D eigenvalue weighted by Crippen LogP contribution is 2.34. The fourth-order valence-electron chi connectivity index (χ4n) is 1.73. The quantitative estimate of drug-likeness (QED) is 0.747. The lowest BCUT2D eigenvalue weighted by Crippen LogP contribution is -2.28. The summed E-state index contributed by atoms with van der Waals surface area (Å²) in [4.78, 5) is 11.2. The number of hydrogen-bond donors (Lipinski definition) is 1. The second kappa shape index (κ2) is 5.19. The minimum atomic E-state index is -0.175. The van der Waals surface area contributed by atoms with Crippen molar-refractivity contribution < 1.29 is 14.6 Å². The smallest absolute Gasteiger partial charge is 0.305 e. The lowest BCUT2D eigenvalue weighted by molar-refractivity contribution is -0.145. The van der Waals surface area contributed by atoms with Crippen LogP contribution < -0.4 is 0 Å². The molecular weight excluding hydrogens is 204 g/mol. The van der Waals surface area contributed by atoms with Crippen LogP contribution in [0.4, 0.5) is 0 Å². The van der Waals surface area contributed by atoms with E-state index in [0.717, 1.165) is 6.42 Å². The highest BCUT2D eigenvalue weighted by Gasteiger charge is 2.29. The molecular formula is C13H20O3. The molecule has 1 aliphatic rings. The molecule has 1 rings (SSSR count). The third-order valence-electron chi connectivity index (χ3n) is 2.85. The van der Waals surface area contributed by atoms with Crippen LogP contribution in [0.5, 0.6) is 0 Å². The zero-order valence-corrected chi connectivity index (χ0v) is 10.2. The first-order chi connectivity index (χ1) is 7.45. The summed E-state index contributed by atoms with van der Waals surface area (Å²) in [7, 11) is 0. The first kappa shape index (κ1) is 12.8. The lowest BCUT2D eigenvalue weighted by atomic mass is 9.76. The molecule has 0 amide bonds. The molecule has 1 N–H and O–H groups in total. The van der Waals surface area contributed by atoms with Gasteiger partial charge in [0.15, 0.2) is 0 Å². The van der Waals surface area contributed by atoms with E-state index in [2.05, 4.69) is 0 Å². The van der Waals surface area contributed by atoms with Gasteiger partial charge in [0.05, 0.1) is 6.61 Å². The van der Waals surface area contributed by atoms with E-state index < -0.39 is 0 Å². The van der Waals surface area contributed by atoms with Crippen molar-refractivity contribution in [1.82, 2.24) is 0 Å².